The number of rotatable bonds is 4. The highest BCUT2D eigenvalue weighted by Crippen LogP contribution is 2.39. The fraction of sp³-hybridized carbons (Fsp3) is 0.615. The highest BCUT2D eigenvalue weighted by Gasteiger charge is 2.38. The van der Waals surface area contributed by atoms with Gasteiger partial charge in [-0.15, -0.1) is 0 Å². The fourth-order valence-corrected chi connectivity index (χ4v) is 2.40. The lowest BCUT2D eigenvalue weighted by atomic mass is 9.75. The van der Waals surface area contributed by atoms with Crippen molar-refractivity contribution in [2.24, 2.45) is 5.92 Å². The lowest BCUT2D eigenvalue weighted by molar-refractivity contribution is -0.0142. The maximum atomic E-state index is 5.70. The lowest BCUT2D eigenvalue weighted by Gasteiger charge is -2.39. The summed E-state index contributed by atoms with van der Waals surface area (Å²) in [6.45, 7) is 8.40. The molecule has 0 aromatic carbocycles. The Bertz CT molecular complexity index is 272. The molecule has 1 aliphatic rings. The van der Waals surface area contributed by atoms with Crippen LogP contribution >= 0.6 is 0 Å². The molecule has 0 fully saturated rings. The van der Waals surface area contributed by atoms with Gasteiger partial charge in [0.25, 0.3) is 0 Å². The summed E-state index contributed by atoms with van der Waals surface area (Å²) < 4.78 is 11.0. The van der Waals surface area contributed by atoms with E-state index in [0.29, 0.717) is 5.92 Å². The Balaban J connectivity index is 3.11. The van der Waals surface area contributed by atoms with Crippen LogP contribution < -0.4 is 0 Å². The molecule has 0 heterocycles. The molecular formula is C13H21O2. The Morgan fingerprint density at radius 3 is 2.47 bits per heavy atom. The first-order valence-electron chi connectivity index (χ1n) is 5.49. The second kappa shape index (κ2) is 4.84. The first-order valence-corrected chi connectivity index (χ1v) is 5.49. The van der Waals surface area contributed by atoms with Crippen molar-refractivity contribution in [3.8, 4) is 0 Å². The van der Waals surface area contributed by atoms with Gasteiger partial charge in [-0.1, -0.05) is 19.4 Å². The molecule has 1 rings (SSSR count). The smallest absolute Gasteiger partial charge is 0.117 e. The molecule has 2 heteroatoms. The van der Waals surface area contributed by atoms with Crippen LogP contribution in [0.5, 0.6) is 0 Å². The third-order valence-corrected chi connectivity index (χ3v) is 3.33. The molecule has 0 spiro atoms. The molecule has 0 N–H and O–H groups in total. The molecule has 0 bridgehead atoms. The SMILES string of the molecule is [CH2]C1=CC(OC)=CC(CC)(OC)C1CC. The third kappa shape index (κ3) is 2.10. The van der Waals surface area contributed by atoms with Crippen LogP contribution in [-0.4, -0.2) is 19.8 Å². The minimum atomic E-state index is -0.244. The summed E-state index contributed by atoms with van der Waals surface area (Å²) in [7, 11) is 3.44. The zero-order chi connectivity index (χ0) is 11.5. The van der Waals surface area contributed by atoms with Crippen LogP contribution in [0.25, 0.3) is 0 Å². The monoisotopic (exact) mass is 209 g/mol. The summed E-state index contributed by atoms with van der Waals surface area (Å²) >= 11 is 0. The van der Waals surface area contributed by atoms with Gasteiger partial charge < -0.3 is 9.47 Å². The van der Waals surface area contributed by atoms with Gasteiger partial charge in [0.15, 0.2) is 0 Å². The topological polar surface area (TPSA) is 18.5 Å². The van der Waals surface area contributed by atoms with Gasteiger partial charge >= 0.3 is 0 Å². The van der Waals surface area contributed by atoms with Crippen molar-refractivity contribution in [2.75, 3.05) is 14.2 Å². The zero-order valence-electron chi connectivity index (χ0n) is 10.2. The maximum absolute atomic E-state index is 5.70. The van der Waals surface area contributed by atoms with Crippen molar-refractivity contribution in [1.29, 1.82) is 0 Å². The van der Waals surface area contributed by atoms with Crippen molar-refractivity contribution in [3.63, 3.8) is 0 Å². The van der Waals surface area contributed by atoms with E-state index in [0.717, 1.165) is 24.2 Å². The van der Waals surface area contributed by atoms with Crippen molar-refractivity contribution in [1.82, 2.24) is 0 Å². The summed E-state index contributed by atoms with van der Waals surface area (Å²) in [5.74, 6) is 1.21. The Labute approximate surface area is 93.0 Å². The largest absolute Gasteiger partial charge is 0.497 e. The van der Waals surface area contributed by atoms with Crippen molar-refractivity contribution in [2.45, 2.75) is 32.3 Å². The molecule has 1 radical (unpaired) electrons. The summed E-state index contributed by atoms with van der Waals surface area (Å²) in [6.07, 6.45) is 6.04. The average Bonchev–Trinajstić information content (AvgIpc) is 2.27. The first-order chi connectivity index (χ1) is 7.13. The molecule has 0 aromatic rings. The van der Waals surface area contributed by atoms with Gasteiger partial charge in [-0.05, 0) is 31.9 Å². The Morgan fingerprint density at radius 2 is 2.07 bits per heavy atom. The van der Waals surface area contributed by atoms with E-state index in [4.69, 9.17) is 9.47 Å². The molecule has 0 saturated heterocycles. The first kappa shape index (κ1) is 12.3. The molecule has 0 saturated carbocycles. The predicted octanol–water partition coefficient (Wildman–Crippen LogP) is 3.11. The van der Waals surface area contributed by atoms with E-state index in [1.807, 2.05) is 6.08 Å². The summed E-state index contributed by atoms with van der Waals surface area (Å²) in [6, 6.07) is 0. The minimum Gasteiger partial charge on any atom is -0.497 e. The van der Waals surface area contributed by atoms with E-state index in [2.05, 4.69) is 26.8 Å². The zero-order valence-corrected chi connectivity index (χ0v) is 10.2. The number of methoxy groups -OCH3 is 2. The fourth-order valence-electron chi connectivity index (χ4n) is 2.40. The Kier molecular flexibility index (Phi) is 3.97. The van der Waals surface area contributed by atoms with Crippen LogP contribution in [0.15, 0.2) is 23.5 Å². The highest BCUT2D eigenvalue weighted by atomic mass is 16.5. The van der Waals surface area contributed by atoms with Gasteiger partial charge in [0.2, 0.25) is 0 Å². The van der Waals surface area contributed by atoms with E-state index in [9.17, 15) is 0 Å². The van der Waals surface area contributed by atoms with Crippen LogP contribution in [0.3, 0.4) is 0 Å². The molecule has 2 atom stereocenters. The number of hydrogen-bond acceptors (Lipinski definition) is 2. The molecular weight excluding hydrogens is 188 g/mol. The van der Waals surface area contributed by atoms with Gasteiger partial charge in [0, 0.05) is 13.0 Å². The van der Waals surface area contributed by atoms with Gasteiger partial charge in [0.1, 0.15) is 5.76 Å². The third-order valence-electron chi connectivity index (χ3n) is 3.33. The highest BCUT2D eigenvalue weighted by molar-refractivity contribution is 5.34. The van der Waals surface area contributed by atoms with Crippen LogP contribution in [0.4, 0.5) is 0 Å². The van der Waals surface area contributed by atoms with Crippen LogP contribution in [0, 0.1) is 12.8 Å². The maximum Gasteiger partial charge on any atom is 0.117 e. The summed E-state index contributed by atoms with van der Waals surface area (Å²) in [4.78, 5) is 0. The van der Waals surface area contributed by atoms with Crippen molar-refractivity contribution < 1.29 is 9.47 Å². The molecule has 0 amide bonds. The van der Waals surface area contributed by atoms with Gasteiger partial charge in [0.05, 0.1) is 12.7 Å². The molecule has 85 valence electrons. The second-order valence-corrected chi connectivity index (χ2v) is 3.94. The van der Waals surface area contributed by atoms with E-state index in [1.54, 1.807) is 14.2 Å². The second-order valence-electron chi connectivity index (χ2n) is 3.94. The van der Waals surface area contributed by atoms with Crippen LogP contribution in [0.1, 0.15) is 26.7 Å². The normalized spacial score (nSPS) is 30.9. The summed E-state index contributed by atoms with van der Waals surface area (Å²) in [5, 5.41) is 0. The van der Waals surface area contributed by atoms with E-state index in [-0.39, 0.29) is 5.60 Å². The Hall–Kier alpha value is -0.760. The van der Waals surface area contributed by atoms with Gasteiger partial charge in [-0.2, -0.15) is 0 Å². The lowest BCUT2D eigenvalue weighted by Crippen LogP contribution is -2.40. The van der Waals surface area contributed by atoms with E-state index >= 15 is 0 Å². The quantitative estimate of drug-likeness (QED) is 0.708. The molecule has 0 aromatic heterocycles. The van der Waals surface area contributed by atoms with Gasteiger partial charge in [-0.25, -0.2) is 0 Å². The number of hydrogen-bond donors (Lipinski definition) is 0. The summed E-state index contributed by atoms with van der Waals surface area (Å²) in [5.41, 5.74) is 0.854. The molecule has 1 aliphatic carbocycles. The number of ether oxygens (including phenoxy) is 2. The van der Waals surface area contributed by atoms with Crippen LogP contribution in [0.2, 0.25) is 0 Å². The van der Waals surface area contributed by atoms with Crippen molar-refractivity contribution >= 4 is 0 Å². The molecule has 2 nitrogen and oxygen atoms in total. The minimum absolute atomic E-state index is 0.244. The van der Waals surface area contributed by atoms with Crippen LogP contribution in [-0.2, 0) is 9.47 Å². The van der Waals surface area contributed by atoms with Crippen molar-refractivity contribution in [3.05, 3.63) is 30.4 Å². The van der Waals surface area contributed by atoms with Gasteiger partial charge in [-0.3, -0.25) is 0 Å². The number of allylic oxidation sites excluding steroid dienone is 1. The molecule has 0 aliphatic heterocycles. The molecule has 2 unspecified atom stereocenters. The Morgan fingerprint density at radius 1 is 1.40 bits per heavy atom. The molecule has 15 heavy (non-hydrogen) atoms. The standard InChI is InChI=1S/C13H21O2/c1-6-12-10(3)8-11(14-4)9-13(12,7-2)15-5/h8-9,12H,3,6-7H2,1-2,4-5H3. The predicted molar refractivity (Wildman–Crippen MR) is 62.3 cm³/mol. The van der Waals surface area contributed by atoms with E-state index in [1.165, 1.54) is 0 Å². The van der Waals surface area contributed by atoms with E-state index < -0.39 is 0 Å². The average molecular weight is 209 g/mol.